The van der Waals surface area contributed by atoms with Crippen LogP contribution in [0.25, 0.3) is 11.0 Å². The van der Waals surface area contributed by atoms with Gasteiger partial charge in [0.25, 0.3) is 0 Å². The molecule has 0 bridgehead atoms. The number of nitriles is 1. The molecule has 0 aliphatic rings. The second-order valence-electron chi connectivity index (χ2n) is 5.40. The first-order chi connectivity index (χ1) is 8.90. The Morgan fingerprint density at radius 1 is 1.47 bits per heavy atom. The predicted molar refractivity (Wildman–Crippen MR) is 78.3 cm³/mol. The lowest BCUT2D eigenvalue weighted by molar-refractivity contribution is 0.341. The van der Waals surface area contributed by atoms with E-state index in [1.165, 1.54) is 0 Å². The largest absolute Gasteiger partial charge is 0.321 e. The van der Waals surface area contributed by atoms with E-state index in [-0.39, 0.29) is 10.9 Å². The lowest BCUT2D eigenvalue weighted by Crippen LogP contribution is -2.27. The Morgan fingerprint density at radius 3 is 2.68 bits per heavy atom. The van der Waals surface area contributed by atoms with Crippen molar-refractivity contribution in [2.75, 3.05) is 0 Å². The Morgan fingerprint density at radius 2 is 2.16 bits per heavy atom. The summed E-state index contributed by atoms with van der Waals surface area (Å²) >= 11 is 6.27. The van der Waals surface area contributed by atoms with Gasteiger partial charge in [-0.2, -0.15) is 5.26 Å². The number of fused-ring (bicyclic) bond motifs is 1. The smallest absolute Gasteiger partial charge is 0.128 e. The highest BCUT2D eigenvalue weighted by atomic mass is 35.5. The van der Waals surface area contributed by atoms with E-state index in [1.54, 1.807) is 6.07 Å². The van der Waals surface area contributed by atoms with Crippen LogP contribution in [0.15, 0.2) is 18.2 Å². The topological polar surface area (TPSA) is 41.6 Å². The van der Waals surface area contributed by atoms with Crippen LogP contribution in [-0.4, -0.2) is 9.55 Å². The van der Waals surface area contributed by atoms with Crippen molar-refractivity contribution in [2.45, 2.75) is 45.0 Å². The Balaban J connectivity index is 2.82. The third-order valence-corrected chi connectivity index (χ3v) is 3.83. The molecule has 0 amide bonds. The maximum atomic E-state index is 9.06. The fraction of sp³-hybridized carbons (Fsp3) is 0.467. The molecule has 0 aliphatic carbocycles. The number of rotatable bonds is 3. The summed E-state index contributed by atoms with van der Waals surface area (Å²) in [6, 6.07) is 7.75. The molecular weight excluding hydrogens is 258 g/mol. The van der Waals surface area contributed by atoms with Crippen molar-refractivity contribution in [1.82, 2.24) is 9.55 Å². The van der Waals surface area contributed by atoms with Crippen molar-refractivity contribution in [3.8, 4) is 6.07 Å². The van der Waals surface area contributed by atoms with Gasteiger partial charge in [-0.25, -0.2) is 4.98 Å². The molecule has 4 heteroatoms. The van der Waals surface area contributed by atoms with Crippen LogP contribution >= 0.6 is 11.6 Å². The SMILES string of the molecule is CCC(C)(C)n1c(C(C)Cl)nc2ccc(C#N)cc21. The summed E-state index contributed by atoms with van der Waals surface area (Å²) < 4.78 is 2.17. The second kappa shape index (κ2) is 4.86. The zero-order valence-corrected chi connectivity index (χ0v) is 12.5. The number of imidazole rings is 1. The Hall–Kier alpha value is -1.53. The minimum Gasteiger partial charge on any atom is -0.321 e. The highest BCUT2D eigenvalue weighted by Crippen LogP contribution is 2.32. The minimum atomic E-state index is -0.163. The maximum Gasteiger partial charge on any atom is 0.128 e. The van der Waals surface area contributed by atoms with Gasteiger partial charge in [0.05, 0.1) is 28.0 Å². The van der Waals surface area contributed by atoms with Gasteiger partial charge in [0, 0.05) is 5.54 Å². The van der Waals surface area contributed by atoms with Crippen LogP contribution in [0.4, 0.5) is 0 Å². The van der Waals surface area contributed by atoms with Crippen molar-refractivity contribution >= 4 is 22.6 Å². The van der Waals surface area contributed by atoms with Crippen molar-refractivity contribution < 1.29 is 0 Å². The van der Waals surface area contributed by atoms with E-state index in [9.17, 15) is 0 Å². The molecule has 1 aromatic heterocycles. The number of alkyl halides is 1. The van der Waals surface area contributed by atoms with E-state index in [1.807, 2.05) is 19.1 Å². The first kappa shape index (κ1) is 13.9. The number of nitrogens with zero attached hydrogens (tertiary/aromatic N) is 3. The third kappa shape index (κ3) is 2.33. The van der Waals surface area contributed by atoms with Gasteiger partial charge in [-0.1, -0.05) is 6.92 Å². The molecule has 19 heavy (non-hydrogen) atoms. The number of hydrogen-bond acceptors (Lipinski definition) is 2. The minimum absolute atomic E-state index is 0.0820. The van der Waals surface area contributed by atoms with Gasteiger partial charge in [0.1, 0.15) is 5.82 Å². The average molecular weight is 276 g/mol. The monoisotopic (exact) mass is 275 g/mol. The van der Waals surface area contributed by atoms with E-state index >= 15 is 0 Å². The second-order valence-corrected chi connectivity index (χ2v) is 6.06. The van der Waals surface area contributed by atoms with Gasteiger partial charge >= 0.3 is 0 Å². The number of hydrogen-bond donors (Lipinski definition) is 0. The number of benzene rings is 1. The molecule has 2 aromatic rings. The molecule has 0 spiro atoms. The molecule has 100 valence electrons. The normalized spacial score (nSPS) is 13.5. The average Bonchev–Trinajstić information content (AvgIpc) is 2.77. The molecule has 0 aliphatic heterocycles. The lowest BCUT2D eigenvalue weighted by Gasteiger charge is -2.28. The van der Waals surface area contributed by atoms with Crippen molar-refractivity contribution in [3.63, 3.8) is 0 Å². The maximum absolute atomic E-state index is 9.06. The highest BCUT2D eigenvalue weighted by molar-refractivity contribution is 6.20. The summed E-state index contributed by atoms with van der Waals surface area (Å²) in [6.07, 6.45) is 0.964. The summed E-state index contributed by atoms with van der Waals surface area (Å²) in [7, 11) is 0. The van der Waals surface area contributed by atoms with Crippen LogP contribution in [0.2, 0.25) is 0 Å². The van der Waals surface area contributed by atoms with Crippen LogP contribution in [0.1, 0.15) is 50.9 Å². The summed E-state index contributed by atoms with van der Waals surface area (Å²) in [6.45, 7) is 8.39. The van der Waals surface area contributed by atoms with Crippen molar-refractivity contribution in [3.05, 3.63) is 29.6 Å². The van der Waals surface area contributed by atoms with Crippen molar-refractivity contribution in [1.29, 1.82) is 5.26 Å². The summed E-state index contributed by atoms with van der Waals surface area (Å²) in [5.41, 5.74) is 2.44. The molecule has 0 radical (unpaired) electrons. The quantitative estimate of drug-likeness (QED) is 0.781. The Kier molecular flexibility index (Phi) is 3.56. The molecule has 1 atom stereocenters. The third-order valence-electron chi connectivity index (χ3n) is 3.64. The molecule has 1 aromatic carbocycles. The van der Waals surface area contributed by atoms with E-state index in [4.69, 9.17) is 16.9 Å². The highest BCUT2D eigenvalue weighted by Gasteiger charge is 2.26. The van der Waals surface area contributed by atoms with Crippen LogP contribution < -0.4 is 0 Å². The lowest BCUT2D eigenvalue weighted by atomic mass is 10.0. The molecule has 0 saturated heterocycles. The summed E-state index contributed by atoms with van der Waals surface area (Å²) in [4.78, 5) is 4.62. The number of aromatic nitrogens is 2. The summed E-state index contributed by atoms with van der Waals surface area (Å²) in [5, 5.41) is 8.90. The molecule has 1 heterocycles. The van der Waals surface area contributed by atoms with Gasteiger partial charge in [0.2, 0.25) is 0 Å². The molecule has 0 fully saturated rings. The molecule has 0 saturated carbocycles. The Labute approximate surface area is 118 Å². The molecule has 1 unspecified atom stereocenters. The van der Waals surface area contributed by atoms with Crippen LogP contribution in [0.3, 0.4) is 0 Å². The van der Waals surface area contributed by atoms with E-state index in [0.29, 0.717) is 5.56 Å². The fourth-order valence-electron chi connectivity index (χ4n) is 2.22. The van der Waals surface area contributed by atoms with Gasteiger partial charge < -0.3 is 4.57 Å². The number of halogens is 1. The molecule has 0 N–H and O–H groups in total. The van der Waals surface area contributed by atoms with Crippen LogP contribution in [-0.2, 0) is 5.54 Å². The zero-order valence-electron chi connectivity index (χ0n) is 11.7. The van der Waals surface area contributed by atoms with Gasteiger partial charge in [-0.05, 0) is 45.4 Å². The molecular formula is C15H18ClN3. The zero-order chi connectivity index (χ0) is 14.2. The standard InChI is InChI=1S/C15H18ClN3/c1-5-15(3,4)19-13-8-11(9-17)6-7-12(13)18-14(19)10(2)16/h6-8,10H,5H2,1-4H3. The van der Waals surface area contributed by atoms with Crippen LogP contribution in [0, 0.1) is 11.3 Å². The molecule has 3 nitrogen and oxygen atoms in total. The first-order valence-corrected chi connectivity index (χ1v) is 6.91. The van der Waals surface area contributed by atoms with Crippen molar-refractivity contribution in [2.24, 2.45) is 0 Å². The fourth-order valence-corrected chi connectivity index (χ4v) is 2.37. The van der Waals surface area contributed by atoms with Gasteiger partial charge in [0.15, 0.2) is 0 Å². The predicted octanol–water partition coefficient (Wildman–Crippen LogP) is 4.35. The summed E-state index contributed by atoms with van der Waals surface area (Å²) in [5.74, 6) is 0.860. The molecule has 2 rings (SSSR count). The van der Waals surface area contributed by atoms with E-state index in [2.05, 4.69) is 36.4 Å². The van der Waals surface area contributed by atoms with Crippen LogP contribution in [0.5, 0.6) is 0 Å². The van der Waals surface area contributed by atoms with Gasteiger partial charge in [-0.3, -0.25) is 0 Å². The first-order valence-electron chi connectivity index (χ1n) is 6.47. The Bertz CT molecular complexity index is 647. The van der Waals surface area contributed by atoms with E-state index < -0.39 is 0 Å². The van der Waals surface area contributed by atoms with Gasteiger partial charge in [-0.15, -0.1) is 11.6 Å². The van der Waals surface area contributed by atoms with E-state index in [0.717, 1.165) is 23.3 Å².